The van der Waals surface area contributed by atoms with E-state index in [-0.39, 0.29) is 0 Å². The third-order valence-electron chi connectivity index (χ3n) is 2.78. The van der Waals surface area contributed by atoms with Gasteiger partial charge in [-0.05, 0) is 38.3 Å². The highest BCUT2D eigenvalue weighted by molar-refractivity contribution is 5.31. The summed E-state index contributed by atoms with van der Waals surface area (Å²) >= 11 is 0. The molecule has 2 rings (SSSR count). The van der Waals surface area contributed by atoms with Crippen LogP contribution < -0.4 is 5.32 Å². The van der Waals surface area contributed by atoms with Crippen LogP contribution in [0.25, 0.3) is 0 Å². The van der Waals surface area contributed by atoms with Crippen LogP contribution in [0, 0.1) is 13.8 Å². The maximum absolute atomic E-state index is 3.41. The van der Waals surface area contributed by atoms with Gasteiger partial charge in [0.2, 0.25) is 0 Å². The van der Waals surface area contributed by atoms with Crippen molar-refractivity contribution >= 4 is 0 Å². The fourth-order valence-electron chi connectivity index (χ4n) is 2.18. The Morgan fingerprint density at radius 3 is 2.38 bits per heavy atom. The molecular formula is C12H17N. The molecule has 1 atom stereocenters. The number of benzene rings is 1. The van der Waals surface area contributed by atoms with Gasteiger partial charge in [-0.2, -0.15) is 0 Å². The molecule has 1 heterocycles. The number of hydrogen-bond donors (Lipinski definition) is 1. The van der Waals surface area contributed by atoms with Crippen molar-refractivity contribution in [3.05, 3.63) is 34.9 Å². The summed E-state index contributed by atoms with van der Waals surface area (Å²) < 4.78 is 0. The zero-order valence-corrected chi connectivity index (χ0v) is 8.43. The third kappa shape index (κ3) is 1.92. The zero-order chi connectivity index (χ0) is 9.26. The van der Waals surface area contributed by atoms with Crippen molar-refractivity contribution < 1.29 is 0 Å². The molecule has 1 aromatic carbocycles. The van der Waals surface area contributed by atoms with Gasteiger partial charge in [0.15, 0.2) is 0 Å². The lowest BCUT2D eigenvalue weighted by Gasteiger charge is -2.10. The average Bonchev–Trinajstić information content (AvgIpc) is 2.53. The van der Waals surface area contributed by atoms with Gasteiger partial charge in [-0.15, -0.1) is 0 Å². The Morgan fingerprint density at radius 2 is 1.85 bits per heavy atom. The molecule has 1 aromatic rings. The van der Waals surface area contributed by atoms with E-state index in [4.69, 9.17) is 0 Å². The SMILES string of the molecule is Cc1cc(C)cc(C2CCNC2)c1. The summed E-state index contributed by atoms with van der Waals surface area (Å²) in [6.07, 6.45) is 1.29. The largest absolute Gasteiger partial charge is 0.316 e. The highest BCUT2D eigenvalue weighted by Gasteiger charge is 2.16. The van der Waals surface area contributed by atoms with Gasteiger partial charge >= 0.3 is 0 Å². The van der Waals surface area contributed by atoms with E-state index < -0.39 is 0 Å². The van der Waals surface area contributed by atoms with Crippen LogP contribution in [-0.2, 0) is 0 Å². The first kappa shape index (κ1) is 8.76. The lowest BCUT2D eigenvalue weighted by atomic mass is 9.95. The van der Waals surface area contributed by atoms with E-state index in [0.717, 1.165) is 12.5 Å². The summed E-state index contributed by atoms with van der Waals surface area (Å²) in [4.78, 5) is 0. The van der Waals surface area contributed by atoms with Crippen molar-refractivity contribution in [2.45, 2.75) is 26.2 Å². The Kier molecular flexibility index (Phi) is 2.36. The first-order chi connectivity index (χ1) is 6.25. The Balaban J connectivity index is 2.28. The summed E-state index contributed by atoms with van der Waals surface area (Å²) in [6.45, 7) is 6.69. The van der Waals surface area contributed by atoms with Gasteiger partial charge in [0.25, 0.3) is 0 Å². The van der Waals surface area contributed by atoms with Gasteiger partial charge in [0, 0.05) is 6.54 Å². The molecule has 0 radical (unpaired) electrons. The van der Waals surface area contributed by atoms with E-state index in [1.807, 2.05) is 0 Å². The van der Waals surface area contributed by atoms with Crippen LogP contribution >= 0.6 is 0 Å². The van der Waals surface area contributed by atoms with Crippen molar-refractivity contribution in [3.8, 4) is 0 Å². The topological polar surface area (TPSA) is 12.0 Å². The minimum absolute atomic E-state index is 0.749. The minimum Gasteiger partial charge on any atom is -0.316 e. The minimum atomic E-state index is 0.749. The summed E-state index contributed by atoms with van der Waals surface area (Å²) in [5.41, 5.74) is 4.30. The summed E-state index contributed by atoms with van der Waals surface area (Å²) in [5, 5.41) is 3.41. The Morgan fingerprint density at radius 1 is 1.15 bits per heavy atom. The van der Waals surface area contributed by atoms with E-state index in [1.54, 1.807) is 0 Å². The number of aryl methyl sites for hydroxylation is 2. The normalized spacial score (nSPS) is 22.2. The molecule has 0 amide bonds. The predicted octanol–water partition coefficient (Wildman–Crippen LogP) is 2.38. The van der Waals surface area contributed by atoms with Crippen LogP contribution in [0.5, 0.6) is 0 Å². The fraction of sp³-hybridized carbons (Fsp3) is 0.500. The molecular weight excluding hydrogens is 158 g/mol. The van der Waals surface area contributed by atoms with E-state index >= 15 is 0 Å². The van der Waals surface area contributed by atoms with Gasteiger partial charge in [-0.3, -0.25) is 0 Å². The Hall–Kier alpha value is -0.820. The van der Waals surface area contributed by atoms with Crippen molar-refractivity contribution in [1.82, 2.24) is 5.32 Å². The van der Waals surface area contributed by atoms with Gasteiger partial charge < -0.3 is 5.32 Å². The molecule has 1 aliphatic rings. The highest BCUT2D eigenvalue weighted by atomic mass is 14.9. The van der Waals surface area contributed by atoms with Crippen LogP contribution in [-0.4, -0.2) is 13.1 Å². The standard InChI is InChI=1S/C12H17N/c1-9-5-10(2)7-12(6-9)11-3-4-13-8-11/h5-7,11,13H,3-4,8H2,1-2H3. The van der Waals surface area contributed by atoms with Crippen LogP contribution in [0.2, 0.25) is 0 Å². The molecule has 0 bridgehead atoms. The maximum Gasteiger partial charge on any atom is 0.00206 e. The molecule has 0 aliphatic carbocycles. The van der Waals surface area contributed by atoms with Crippen molar-refractivity contribution in [2.24, 2.45) is 0 Å². The molecule has 0 saturated carbocycles. The molecule has 0 aromatic heterocycles. The van der Waals surface area contributed by atoms with Crippen LogP contribution in [0.1, 0.15) is 29.0 Å². The molecule has 13 heavy (non-hydrogen) atoms. The molecule has 1 nitrogen and oxygen atoms in total. The smallest absolute Gasteiger partial charge is 0.00206 e. The van der Waals surface area contributed by atoms with E-state index in [1.165, 1.54) is 29.7 Å². The molecule has 1 N–H and O–H groups in total. The quantitative estimate of drug-likeness (QED) is 0.691. The van der Waals surface area contributed by atoms with Gasteiger partial charge in [0.1, 0.15) is 0 Å². The molecule has 1 fully saturated rings. The lowest BCUT2D eigenvalue weighted by molar-refractivity contribution is 0.761. The first-order valence-electron chi connectivity index (χ1n) is 5.04. The summed E-state index contributed by atoms with van der Waals surface area (Å²) in [5.74, 6) is 0.749. The Bertz CT molecular complexity index is 278. The second-order valence-corrected chi connectivity index (χ2v) is 4.11. The number of hydrogen-bond acceptors (Lipinski definition) is 1. The van der Waals surface area contributed by atoms with Gasteiger partial charge in [0.05, 0.1) is 0 Å². The molecule has 70 valence electrons. The predicted molar refractivity (Wildman–Crippen MR) is 56.1 cm³/mol. The molecule has 1 heteroatoms. The van der Waals surface area contributed by atoms with Crippen LogP contribution in [0.15, 0.2) is 18.2 Å². The monoisotopic (exact) mass is 175 g/mol. The maximum atomic E-state index is 3.41. The van der Waals surface area contributed by atoms with Gasteiger partial charge in [-0.25, -0.2) is 0 Å². The number of rotatable bonds is 1. The van der Waals surface area contributed by atoms with E-state index in [9.17, 15) is 0 Å². The Labute approximate surface area is 80.2 Å². The van der Waals surface area contributed by atoms with Crippen LogP contribution in [0.3, 0.4) is 0 Å². The summed E-state index contributed by atoms with van der Waals surface area (Å²) in [6, 6.07) is 6.89. The van der Waals surface area contributed by atoms with Crippen molar-refractivity contribution in [1.29, 1.82) is 0 Å². The summed E-state index contributed by atoms with van der Waals surface area (Å²) in [7, 11) is 0. The van der Waals surface area contributed by atoms with Crippen molar-refractivity contribution in [3.63, 3.8) is 0 Å². The highest BCUT2D eigenvalue weighted by Crippen LogP contribution is 2.23. The first-order valence-corrected chi connectivity index (χ1v) is 5.04. The fourth-order valence-corrected chi connectivity index (χ4v) is 2.18. The third-order valence-corrected chi connectivity index (χ3v) is 2.78. The number of nitrogens with one attached hydrogen (secondary N) is 1. The second kappa shape index (κ2) is 3.51. The second-order valence-electron chi connectivity index (χ2n) is 4.11. The molecule has 0 spiro atoms. The average molecular weight is 175 g/mol. The van der Waals surface area contributed by atoms with E-state index in [2.05, 4.69) is 37.4 Å². The van der Waals surface area contributed by atoms with Gasteiger partial charge in [-0.1, -0.05) is 29.3 Å². The molecule has 1 aliphatic heterocycles. The molecule has 1 saturated heterocycles. The van der Waals surface area contributed by atoms with Crippen LogP contribution in [0.4, 0.5) is 0 Å². The zero-order valence-electron chi connectivity index (χ0n) is 8.43. The van der Waals surface area contributed by atoms with E-state index in [0.29, 0.717) is 0 Å². The van der Waals surface area contributed by atoms with Crippen molar-refractivity contribution in [2.75, 3.05) is 13.1 Å². The lowest BCUT2D eigenvalue weighted by Crippen LogP contribution is -2.08. The molecule has 1 unspecified atom stereocenters.